The SMILES string of the molecule is CC/C=C\C/C=C\C/C=C\C/C=C\C/C=C\CC(=O)OC(COC(=O)CCCCCC/C=C\C/C=C\C/C=C\C/C=C\CC)COC(=O)CCCCCCC/C=C\CCCCC. The van der Waals surface area contributed by atoms with Crippen LogP contribution >= 0.6 is 0 Å². The number of unbranched alkanes of at least 4 members (excludes halogenated alkanes) is 12. The Labute approximate surface area is 380 Å². The molecule has 0 N–H and O–H groups in total. The molecule has 6 nitrogen and oxygen atoms in total. The van der Waals surface area contributed by atoms with Gasteiger partial charge in [0.2, 0.25) is 0 Å². The molecule has 0 bridgehead atoms. The molecule has 0 aliphatic carbocycles. The maximum atomic E-state index is 12.7. The predicted molar refractivity (Wildman–Crippen MR) is 265 cm³/mol. The molecule has 62 heavy (non-hydrogen) atoms. The molecule has 348 valence electrons. The van der Waals surface area contributed by atoms with E-state index in [-0.39, 0.29) is 31.6 Å². The average Bonchev–Trinajstić information content (AvgIpc) is 3.27. The normalized spacial score (nSPS) is 13.1. The summed E-state index contributed by atoms with van der Waals surface area (Å²) in [7, 11) is 0. The van der Waals surface area contributed by atoms with Gasteiger partial charge in [-0.3, -0.25) is 14.4 Å². The maximum absolute atomic E-state index is 12.7. The van der Waals surface area contributed by atoms with Crippen LogP contribution in [0.1, 0.15) is 194 Å². The van der Waals surface area contributed by atoms with E-state index in [0.717, 1.165) is 116 Å². The highest BCUT2D eigenvalue weighted by Crippen LogP contribution is 2.11. The number of ether oxygens (including phenoxy) is 3. The van der Waals surface area contributed by atoms with Crippen molar-refractivity contribution in [2.75, 3.05) is 13.2 Å². The number of hydrogen-bond acceptors (Lipinski definition) is 6. The molecule has 0 aliphatic heterocycles. The Balaban J connectivity index is 4.58. The van der Waals surface area contributed by atoms with Crippen LogP contribution in [0.2, 0.25) is 0 Å². The first-order valence-corrected chi connectivity index (χ1v) is 24.5. The number of carbonyl (C=O) groups is 3. The average molecular weight is 857 g/mol. The van der Waals surface area contributed by atoms with Crippen molar-refractivity contribution in [1.82, 2.24) is 0 Å². The van der Waals surface area contributed by atoms with Crippen molar-refractivity contribution in [2.45, 2.75) is 200 Å². The van der Waals surface area contributed by atoms with E-state index in [2.05, 4.69) is 130 Å². The standard InChI is InChI=1S/C56H88O6/c1-4-7-10-13-16-19-22-25-27-28-30-31-34-37-40-43-46-49-55(58)61-52-53(51-60-54(57)48-45-42-39-36-33-24-21-18-15-12-9-6-3)62-56(59)50-47-44-41-38-35-32-29-26-23-20-17-14-11-8-5-2/h7-8,10-11,16-21,25-27,29-31,35,38,44,47,53H,4-6,9,12-15,22-24,28,32-34,36-37,39-43,45-46,48-52H2,1-3H3/b10-7-,11-8-,19-16-,20-17-,21-18-,27-25-,29-26-,31-30-,38-35-,47-44-. The lowest BCUT2D eigenvalue weighted by molar-refractivity contribution is -0.166. The molecule has 0 aromatic heterocycles. The topological polar surface area (TPSA) is 78.9 Å². The van der Waals surface area contributed by atoms with Crippen molar-refractivity contribution in [3.05, 3.63) is 122 Å². The summed E-state index contributed by atoms with van der Waals surface area (Å²) in [6.07, 6.45) is 67.7. The predicted octanol–water partition coefficient (Wildman–Crippen LogP) is 16.1. The summed E-state index contributed by atoms with van der Waals surface area (Å²) in [5, 5.41) is 0. The fourth-order valence-corrected chi connectivity index (χ4v) is 6.09. The van der Waals surface area contributed by atoms with E-state index in [0.29, 0.717) is 19.3 Å². The largest absolute Gasteiger partial charge is 0.462 e. The molecule has 0 fully saturated rings. The summed E-state index contributed by atoms with van der Waals surface area (Å²) in [5.74, 6) is -1.11. The molecule has 1 unspecified atom stereocenters. The van der Waals surface area contributed by atoms with Crippen LogP contribution in [0.5, 0.6) is 0 Å². The molecule has 0 saturated heterocycles. The van der Waals surface area contributed by atoms with E-state index in [1.807, 2.05) is 6.08 Å². The Kier molecular flexibility index (Phi) is 46.1. The van der Waals surface area contributed by atoms with Gasteiger partial charge in [0, 0.05) is 12.8 Å². The highest BCUT2D eigenvalue weighted by atomic mass is 16.6. The number of allylic oxidation sites excluding steroid dienone is 19. The Morgan fingerprint density at radius 2 is 0.677 bits per heavy atom. The number of esters is 3. The third kappa shape index (κ3) is 46.9. The summed E-state index contributed by atoms with van der Waals surface area (Å²) in [6.45, 7) is 6.24. The molecule has 0 heterocycles. The van der Waals surface area contributed by atoms with E-state index in [1.54, 1.807) is 6.08 Å². The van der Waals surface area contributed by atoms with Gasteiger partial charge >= 0.3 is 17.9 Å². The minimum Gasteiger partial charge on any atom is -0.462 e. The van der Waals surface area contributed by atoms with Crippen LogP contribution in [0.15, 0.2) is 122 Å². The second-order valence-corrected chi connectivity index (χ2v) is 15.6. The van der Waals surface area contributed by atoms with Gasteiger partial charge in [0.25, 0.3) is 0 Å². The Morgan fingerprint density at radius 1 is 0.355 bits per heavy atom. The fraction of sp³-hybridized carbons (Fsp3) is 0.589. The van der Waals surface area contributed by atoms with E-state index in [9.17, 15) is 14.4 Å². The molecule has 0 spiro atoms. The fourth-order valence-electron chi connectivity index (χ4n) is 6.09. The first-order chi connectivity index (χ1) is 30.5. The minimum absolute atomic E-state index is 0.0848. The van der Waals surface area contributed by atoms with Gasteiger partial charge in [0.05, 0.1) is 6.42 Å². The van der Waals surface area contributed by atoms with Crippen LogP contribution in [-0.2, 0) is 28.6 Å². The van der Waals surface area contributed by atoms with Crippen LogP contribution in [-0.4, -0.2) is 37.2 Å². The summed E-state index contributed by atoms with van der Waals surface area (Å²) in [5.41, 5.74) is 0. The molecular weight excluding hydrogens is 769 g/mol. The highest BCUT2D eigenvalue weighted by molar-refractivity contribution is 5.72. The Morgan fingerprint density at radius 3 is 1.08 bits per heavy atom. The second kappa shape index (κ2) is 49.5. The van der Waals surface area contributed by atoms with E-state index < -0.39 is 12.1 Å². The van der Waals surface area contributed by atoms with Gasteiger partial charge in [-0.1, -0.05) is 187 Å². The third-order valence-corrected chi connectivity index (χ3v) is 9.71. The first kappa shape index (κ1) is 57.8. The minimum atomic E-state index is -0.848. The van der Waals surface area contributed by atoms with E-state index in [4.69, 9.17) is 14.2 Å². The zero-order valence-corrected chi connectivity index (χ0v) is 39.6. The lowest BCUT2D eigenvalue weighted by Crippen LogP contribution is -2.30. The molecular formula is C56H88O6. The molecule has 0 aliphatic rings. The Bertz CT molecular complexity index is 1350. The van der Waals surface area contributed by atoms with Crippen molar-refractivity contribution < 1.29 is 28.6 Å². The van der Waals surface area contributed by atoms with Crippen LogP contribution < -0.4 is 0 Å². The van der Waals surface area contributed by atoms with Gasteiger partial charge < -0.3 is 14.2 Å². The van der Waals surface area contributed by atoms with Crippen LogP contribution in [0.4, 0.5) is 0 Å². The molecule has 0 amide bonds. The van der Waals surface area contributed by atoms with Gasteiger partial charge in [-0.2, -0.15) is 0 Å². The number of hydrogen-bond donors (Lipinski definition) is 0. The molecule has 0 aromatic rings. The van der Waals surface area contributed by atoms with Gasteiger partial charge in [-0.15, -0.1) is 0 Å². The number of carbonyl (C=O) groups excluding carboxylic acids is 3. The van der Waals surface area contributed by atoms with Crippen LogP contribution in [0.3, 0.4) is 0 Å². The molecule has 0 rings (SSSR count). The van der Waals surface area contributed by atoms with E-state index >= 15 is 0 Å². The first-order valence-electron chi connectivity index (χ1n) is 24.5. The third-order valence-electron chi connectivity index (χ3n) is 9.71. The molecule has 6 heteroatoms. The molecule has 1 atom stereocenters. The lowest BCUT2D eigenvalue weighted by Gasteiger charge is -2.18. The van der Waals surface area contributed by atoms with Crippen LogP contribution in [0, 0.1) is 0 Å². The molecule has 0 saturated carbocycles. The van der Waals surface area contributed by atoms with Gasteiger partial charge in [-0.05, 0) is 109 Å². The lowest BCUT2D eigenvalue weighted by atomic mass is 10.1. The summed E-state index contributed by atoms with van der Waals surface area (Å²) < 4.78 is 16.6. The second-order valence-electron chi connectivity index (χ2n) is 15.6. The van der Waals surface area contributed by atoms with E-state index in [1.165, 1.54) is 32.1 Å². The van der Waals surface area contributed by atoms with Crippen molar-refractivity contribution in [2.24, 2.45) is 0 Å². The quantitative estimate of drug-likeness (QED) is 0.0263. The zero-order chi connectivity index (χ0) is 45.1. The van der Waals surface area contributed by atoms with Gasteiger partial charge in [0.1, 0.15) is 13.2 Å². The maximum Gasteiger partial charge on any atom is 0.310 e. The van der Waals surface area contributed by atoms with Crippen molar-refractivity contribution >= 4 is 17.9 Å². The molecule has 0 aromatic carbocycles. The molecule has 0 radical (unpaired) electrons. The van der Waals surface area contributed by atoms with Crippen molar-refractivity contribution in [3.8, 4) is 0 Å². The summed E-state index contributed by atoms with van der Waals surface area (Å²) >= 11 is 0. The van der Waals surface area contributed by atoms with Gasteiger partial charge in [0.15, 0.2) is 6.10 Å². The van der Waals surface area contributed by atoms with Crippen molar-refractivity contribution in [3.63, 3.8) is 0 Å². The Hall–Kier alpha value is -4.19. The summed E-state index contributed by atoms with van der Waals surface area (Å²) in [6, 6.07) is 0. The van der Waals surface area contributed by atoms with Crippen LogP contribution in [0.25, 0.3) is 0 Å². The number of rotatable bonds is 42. The van der Waals surface area contributed by atoms with Crippen molar-refractivity contribution in [1.29, 1.82) is 0 Å². The highest BCUT2D eigenvalue weighted by Gasteiger charge is 2.19. The smallest absolute Gasteiger partial charge is 0.310 e. The monoisotopic (exact) mass is 857 g/mol. The zero-order valence-electron chi connectivity index (χ0n) is 39.6. The summed E-state index contributed by atoms with van der Waals surface area (Å²) in [4.78, 5) is 37.8. The van der Waals surface area contributed by atoms with Gasteiger partial charge in [-0.25, -0.2) is 0 Å².